The Kier molecular flexibility index (Phi) is 3.31. The minimum absolute atomic E-state index is 0.137. The first-order chi connectivity index (χ1) is 11.2. The summed E-state index contributed by atoms with van der Waals surface area (Å²) in [6, 6.07) is 15.5. The Balaban J connectivity index is 1.74. The molecule has 2 aromatic rings. The second kappa shape index (κ2) is 5.35. The van der Waals surface area contributed by atoms with Crippen molar-refractivity contribution in [1.82, 2.24) is 5.32 Å². The van der Waals surface area contributed by atoms with Crippen LogP contribution in [0, 0.1) is 10.1 Å². The van der Waals surface area contributed by atoms with E-state index in [4.69, 9.17) is 0 Å². The quantitative estimate of drug-likeness (QED) is 0.682. The summed E-state index contributed by atoms with van der Waals surface area (Å²) in [5.41, 5.74) is 4.02. The van der Waals surface area contributed by atoms with Gasteiger partial charge in [0.15, 0.2) is 0 Å². The number of non-ortho nitro benzene ring substituents is 1. The van der Waals surface area contributed by atoms with Crippen LogP contribution < -0.4 is 10.2 Å². The monoisotopic (exact) mass is 309 g/mol. The maximum atomic E-state index is 10.9. The SMILES string of the molecule is O=[N+]([O-])c1ccc(N2CC3(CCNCC3)c3ccccc32)cc1. The number of benzene rings is 2. The Morgan fingerprint density at radius 3 is 2.43 bits per heavy atom. The topological polar surface area (TPSA) is 58.4 Å². The number of anilines is 2. The van der Waals surface area contributed by atoms with Crippen molar-refractivity contribution in [3.8, 4) is 0 Å². The zero-order valence-corrected chi connectivity index (χ0v) is 12.9. The van der Waals surface area contributed by atoms with E-state index >= 15 is 0 Å². The van der Waals surface area contributed by atoms with Gasteiger partial charge in [0, 0.05) is 35.5 Å². The van der Waals surface area contributed by atoms with Crippen molar-refractivity contribution in [2.24, 2.45) is 0 Å². The van der Waals surface area contributed by atoms with Crippen LogP contribution in [0.1, 0.15) is 18.4 Å². The molecule has 0 aromatic heterocycles. The number of hydrogen-bond acceptors (Lipinski definition) is 4. The van der Waals surface area contributed by atoms with Gasteiger partial charge >= 0.3 is 0 Å². The standard InChI is InChI=1S/C18H19N3O2/c22-21(23)15-7-5-14(6-8-15)20-13-18(9-11-19-12-10-18)16-3-1-2-4-17(16)20/h1-8,19H,9-13H2. The van der Waals surface area contributed by atoms with Crippen molar-refractivity contribution in [1.29, 1.82) is 0 Å². The maximum Gasteiger partial charge on any atom is 0.269 e. The summed E-state index contributed by atoms with van der Waals surface area (Å²) < 4.78 is 0. The van der Waals surface area contributed by atoms with Crippen molar-refractivity contribution < 1.29 is 4.92 Å². The predicted molar refractivity (Wildman–Crippen MR) is 90.3 cm³/mol. The molecule has 0 saturated carbocycles. The Bertz CT molecular complexity index is 736. The molecule has 1 spiro atoms. The average Bonchev–Trinajstić information content (AvgIpc) is 2.90. The van der Waals surface area contributed by atoms with E-state index < -0.39 is 0 Å². The summed E-state index contributed by atoms with van der Waals surface area (Å²) in [5, 5.41) is 14.3. The van der Waals surface area contributed by atoms with Crippen molar-refractivity contribution in [3.05, 3.63) is 64.2 Å². The van der Waals surface area contributed by atoms with Gasteiger partial charge in [-0.2, -0.15) is 0 Å². The van der Waals surface area contributed by atoms with Crippen LogP contribution >= 0.6 is 0 Å². The van der Waals surface area contributed by atoms with Crippen LogP contribution in [0.25, 0.3) is 0 Å². The fourth-order valence-electron chi connectivity index (χ4n) is 3.95. The fourth-order valence-corrected chi connectivity index (χ4v) is 3.95. The molecule has 2 heterocycles. The molecule has 1 saturated heterocycles. The average molecular weight is 309 g/mol. The van der Waals surface area contributed by atoms with Crippen molar-refractivity contribution >= 4 is 17.1 Å². The Labute approximate surface area is 135 Å². The predicted octanol–water partition coefficient (Wildman–Crippen LogP) is 3.37. The van der Waals surface area contributed by atoms with E-state index in [9.17, 15) is 10.1 Å². The van der Waals surface area contributed by atoms with E-state index in [2.05, 4.69) is 34.5 Å². The van der Waals surface area contributed by atoms with Gasteiger partial charge in [0.25, 0.3) is 5.69 Å². The normalized spacial score (nSPS) is 18.9. The van der Waals surface area contributed by atoms with E-state index in [1.165, 1.54) is 11.3 Å². The zero-order valence-electron chi connectivity index (χ0n) is 12.9. The summed E-state index contributed by atoms with van der Waals surface area (Å²) in [6.07, 6.45) is 2.26. The third kappa shape index (κ3) is 2.28. The first-order valence-corrected chi connectivity index (χ1v) is 8.02. The van der Waals surface area contributed by atoms with E-state index in [0.717, 1.165) is 38.2 Å². The minimum atomic E-state index is -0.351. The second-order valence-corrected chi connectivity index (χ2v) is 6.41. The first-order valence-electron chi connectivity index (χ1n) is 8.02. The summed E-state index contributed by atoms with van der Waals surface area (Å²) in [7, 11) is 0. The van der Waals surface area contributed by atoms with Crippen LogP contribution in [0.15, 0.2) is 48.5 Å². The maximum absolute atomic E-state index is 10.9. The van der Waals surface area contributed by atoms with E-state index in [1.807, 2.05) is 12.1 Å². The number of para-hydroxylation sites is 1. The van der Waals surface area contributed by atoms with Gasteiger partial charge < -0.3 is 10.2 Å². The van der Waals surface area contributed by atoms with Gasteiger partial charge in [-0.05, 0) is 49.7 Å². The van der Waals surface area contributed by atoms with Gasteiger partial charge in [0.05, 0.1) is 4.92 Å². The van der Waals surface area contributed by atoms with Gasteiger partial charge in [-0.15, -0.1) is 0 Å². The van der Waals surface area contributed by atoms with Crippen LogP contribution in [0.3, 0.4) is 0 Å². The van der Waals surface area contributed by atoms with Crippen molar-refractivity contribution in [2.45, 2.75) is 18.3 Å². The molecule has 1 fully saturated rings. The Morgan fingerprint density at radius 1 is 1.04 bits per heavy atom. The van der Waals surface area contributed by atoms with Gasteiger partial charge in [-0.25, -0.2) is 0 Å². The number of nitrogens with zero attached hydrogens (tertiary/aromatic N) is 2. The number of fused-ring (bicyclic) bond motifs is 2. The highest BCUT2D eigenvalue weighted by Gasteiger charge is 2.43. The Hall–Kier alpha value is -2.40. The third-order valence-corrected chi connectivity index (χ3v) is 5.16. The molecule has 4 rings (SSSR count). The van der Waals surface area contributed by atoms with Crippen LogP contribution in [-0.4, -0.2) is 24.6 Å². The fraction of sp³-hybridized carbons (Fsp3) is 0.333. The summed E-state index contributed by atoms with van der Waals surface area (Å²) in [4.78, 5) is 12.8. The molecule has 0 unspecified atom stereocenters. The number of nitro benzene ring substituents is 1. The lowest BCUT2D eigenvalue weighted by molar-refractivity contribution is -0.384. The molecule has 2 aromatic carbocycles. The largest absolute Gasteiger partial charge is 0.340 e. The molecule has 23 heavy (non-hydrogen) atoms. The number of nitro groups is 1. The number of rotatable bonds is 2. The van der Waals surface area contributed by atoms with Crippen LogP contribution in [-0.2, 0) is 5.41 Å². The molecule has 0 bridgehead atoms. The lowest BCUT2D eigenvalue weighted by Crippen LogP contribution is -2.42. The number of nitrogens with one attached hydrogen (secondary N) is 1. The summed E-state index contributed by atoms with van der Waals surface area (Å²) >= 11 is 0. The highest BCUT2D eigenvalue weighted by Crippen LogP contribution is 2.48. The molecular weight excluding hydrogens is 290 g/mol. The lowest BCUT2D eigenvalue weighted by atomic mass is 9.75. The molecule has 0 atom stereocenters. The number of hydrogen-bond donors (Lipinski definition) is 1. The molecule has 5 heteroatoms. The lowest BCUT2D eigenvalue weighted by Gasteiger charge is -2.35. The third-order valence-electron chi connectivity index (χ3n) is 5.16. The van der Waals surface area contributed by atoms with Crippen LogP contribution in [0.4, 0.5) is 17.1 Å². The molecular formula is C18H19N3O2. The van der Waals surface area contributed by atoms with Crippen LogP contribution in [0.2, 0.25) is 0 Å². The molecule has 0 radical (unpaired) electrons. The highest BCUT2D eigenvalue weighted by atomic mass is 16.6. The summed E-state index contributed by atoms with van der Waals surface area (Å²) in [5.74, 6) is 0. The van der Waals surface area contributed by atoms with E-state index in [0.29, 0.717) is 0 Å². The van der Waals surface area contributed by atoms with Crippen molar-refractivity contribution in [2.75, 3.05) is 24.5 Å². The van der Waals surface area contributed by atoms with E-state index in [1.54, 1.807) is 12.1 Å². The smallest absolute Gasteiger partial charge is 0.269 e. The van der Waals surface area contributed by atoms with Gasteiger partial charge in [0.1, 0.15) is 0 Å². The first kappa shape index (κ1) is 14.2. The van der Waals surface area contributed by atoms with Crippen LogP contribution in [0.5, 0.6) is 0 Å². The second-order valence-electron chi connectivity index (χ2n) is 6.41. The molecule has 0 aliphatic carbocycles. The molecule has 2 aliphatic heterocycles. The molecule has 0 amide bonds. The van der Waals surface area contributed by atoms with Crippen molar-refractivity contribution in [3.63, 3.8) is 0 Å². The Morgan fingerprint density at radius 2 is 1.74 bits per heavy atom. The zero-order chi connectivity index (χ0) is 15.9. The summed E-state index contributed by atoms with van der Waals surface area (Å²) in [6.45, 7) is 3.04. The molecule has 118 valence electrons. The highest BCUT2D eigenvalue weighted by molar-refractivity contribution is 5.73. The molecule has 1 N–H and O–H groups in total. The van der Waals surface area contributed by atoms with Gasteiger partial charge in [-0.1, -0.05) is 18.2 Å². The van der Waals surface area contributed by atoms with Gasteiger partial charge in [0.2, 0.25) is 0 Å². The van der Waals surface area contributed by atoms with E-state index in [-0.39, 0.29) is 16.0 Å². The molecule has 5 nitrogen and oxygen atoms in total. The minimum Gasteiger partial charge on any atom is -0.340 e. The number of piperidine rings is 1. The molecule has 2 aliphatic rings. The van der Waals surface area contributed by atoms with Gasteiger partial charge in [-0.3, -0.25) is 10.1 Å².